The lowest BCUT2D eigenvalue weighted by atomic mass is 9.97. The average Bonchev–Trinajstić information content (AvgIpc) is 3.17. The van der Waals surface area contributed by atoms with Gasteiger partial charge in [-0.05, 0) is 48.2 Å². The third-order valence-electron chi connectivity index (χ3n) is 6.09. The Kier molecular flexibility index (Phi) is 7.19. The number of aromatic nitrogens is 1. The molecule has 7 heteroatoms. The highest BCUT2D eigenvalue weighted by atomic mass is 35.5. The van der Waals surface area contributed by atoms with Gasteiger partial charge < -0.3 is 15.2 Å². The Labute approximate surface area is 209 Å². The molecule has 6 nitrogen and oxygen atoms in total. The summed E-state index contributed by atoms with van der Waals surface area (Å²) in [5.74, 6) is -0.482. The number of nitriles is 1. The fourth-order valence-corrected chi connectivity index (χ4v) is 4.25. The van der Waals surface area contributed by atoms with E-state index < -0.39 is 5.92 Å². The molecule has 1 fully saturated rings. The van der Waals surface area contributed by atoms with Crippen molar-refractivity contribution in [3.05, 3.63) is 88.5 Å². The number of aliphatic imine (C=N–C) groups is 1. The maximum Gasteiger partial charge on any atom is 0.240 e. The van der Waals surface area contributed by atoms with Crippen LogP contribution in [-0.4, -0.2) is 34.7 Å². The second kappa shape index (κ2) is 10.5. The number of halogens is 1. The number of nitrogens with zero attached hydrogens (tertiary/aromatic N) is 4. The predicted molar refractivity (Wildman–Crippen MR) is 141 cm³/mol. The molecule has 0 bridgehead atoms. The molecule has 0 spiro atoms. The second-order valence-electron chi connectivity index (χ2n) is 8.38. The maximum absolute atomic E-state index is 12.6. The normalized spacial score (nSPS) is 14.8. The van der Waals surface area contributed by atoms with E-state index in [9.17, 15) is 10.1 Å². The van der Waals surface area contributed by atoms with Crippen molar-refractivity contribution in [1.82, 2.24) is 9.47 Å². The minimum atomic E-state index is -0.702. The van der Waals surface area contributed by atoms with Crippen molar-refractivity contribution in [3.63, 3.8) is 0 Å². The topological polar surface area (TPSA) is 87.4 Å². The monoisotopic (exact) mass is 483 g/mol. The Balaban J connectivity index is 1.78. The lowest BCUT2D eigenvalue weighted by molar-refractivity contribution is -0.137. The molecule has 1 atom stereocenters. The van der Waals surface area contributed by atoms with E-state index >= 15 is 0 Å². The van der Waals surface area contributed by atoms with Gasteiger partial charge in [0.15, 0.2) is 0 Å². The van der Waals surface area contributed by atoms with Crippen LogP contribution in [0.15, 0.2) is 72.4 Å². The van der Waals surface area contributed by atoms with Crippen molar-refractivity contribution in [2.75, 3.05) is 13.1 Å². The van der Waals surface area contributed by atoms with Crippen LogP contribution < -0.4 is 16.3 Å². The van der Waals surface area contributed by atoms with Crippen molar-refractivity contribution in [3.8, 4) is 22.9 Å². The van der Waals surface area contributed by atoms with Gasteiger partial charge in [-0.1, -0.05) is 55.1 Å². The highest BCUT2D eigenvalue weighted by Gasteiger charge is 2.28. The molecule has 176 valence electrons. The molecule has 0 saturated carbocycles. The number of amides is 1. The second-order valence-corrected chi connectivity index (χ2v) is 8.81. The number of carbonyl (C=O) groups excluding carboxylic acids is 1. The van der Waals surface area contributed by atoms with E-state index in [-0.39, 0.29) is 5.91 Å². The number of hydrogen-bond donors (Lipinski definition) is 1. The van der Waals surface area contributed by atoms with Crippen molar-refractivity contribution in [2.24, 2.45) is 16.6 Å². The molecule has 1 aliphatic rings. The molecule has 2 aromatic carbocycles. The fourth-order valence-electron chi connectivity index (χ4n) is 4.12. The van der Waals surface area contributed by atoms with Gasteiger partial charge in [0.05, 0.1) is 6.07 Å². The Morgan fingerprint density at radius 1 is 1.26 bits per heavy atom. The number of benzene rings is 2. The number of carbonyl (C=O) groups is 1. The van der Waals surface area contributed by atoms with E-state index in [0.29, 0.717) is 27.8 Å². The molecule has 4 rings (SSSR count). The van der Waals surface area contributed by atoms with Gasteiger partial charge >= 0.3 is 0 Å². The molecule has 2 N–H and O–H groups in total. The lowest BCUT2D eigenvalue weighted by Gasteiger charge is -2.32. The van der Waals surface area contributed by atoms with E-state index in [0.717, 1.165) is 41.9 Å². The third kappa shape index (κ3) is 5.06. The molecule has 0 radical (unpaired) electrons. The zero-order valence-electron chi connectivity index (χ0n) is 19.3. The number of hydrogen-bond acceptors (Lipinski definition) is 4. The van der Waals surface area contributed by atoms with Crippen LogP contribution in [0.1, 0.15) is 12.0 Å². The molecule has 1 saturated heterocycles. The van der Waals surface area contributed by atoms with Crippen LogP contribution in [0, 0.1) is 17.2 Å². The molecule has 1 unspecified atom stereocenters. The van der Waals surface area contributed by atoms with E-state index in [2.05, 4.69) is 24.2 Å². The van der Waals surface area contributed by atoms with Crippen LogP contribution in [0.5, 0.6) is 0 Å². The van der Waals surface area contributed by atoms with Gasteiger partial charge in [-0.2, -0.15) is 5.26 Å². The number of allylic oxidation sites excluding steroid dienone is 1. The first-order chi connectivity index (χ1) is 16.9. The molecule has 3 aromatic rings. The van der Waals surface area contributed by atoms with E-state index in [4.69, 9.17) is 17.3 Å². The zero-order chi connectivity index (χ0) is 24.9. The Hall–Kier alpha value is -4.08. The lowest BCUT2D eigenvalue weighted by Crippen LogP contribution is -2.45. The first-order valence-corrected chi connectivity index (χ1v) is 11.7. The highest BCUT2D eigenvalue weighted by molar-refractivity contribution is 6.30. The summed E-state index contributed by atoms with van der Waals surface area (Å²) in [6.07, 6.45) is 6.40. The zero-order valence-corrected chi connectivity index (χ0v) is 20.1. The van der Waals surface area contributed by atoms with Crippen LogP contribution in [0.4, 0.5) is 0 Å². The van der Waals surface area contributed by atoms with Gasteiger partial charge in [-0.15, -0.1) is 0 Å². The van der Waals surface area contributed by atoms with E-state index in [1.165, 1.54) is 6.21 Å². The highest BCUT2D eigenvalue weighted by Crippen LogP contribution is 2.21. The quantitative estimate of drug-likeness (QED) is 0.522. The summed E-state index contributed by atoms with van der Waals surface area (Å²) < 4.78 is 1.94. The Morgan fingerprint density at radius 3 is 2.63 bits per heavy atom. The first-order valence-electron chi connectivity index (χ1n) is 11.3. The average molecular weight is 484 g/mol. The van der Waals surface area contributed by atoms with Gasteiger partial charge in [-0.3, -0.25) is 4.79 Å². The van der Waals surface area contributed by atoms with E-state index in [1.807, 2.05) is 59.3 Å². The molecular formula is C28H26ClN5O. The third-order valence-corrected chi connectivity index (χ3v) is 6.34. The fraction of sp³-hybridized carbons (Fsp3) is 0.179. The van der Waals surface area contributed by atoms with Crippen LogP contribution in [0.2, 0.25) is 5.02 Å². The standard InChI is InChI=1S/C28H26ClN5O/c1-3-12-32-27(31)26-19(2)34(18-25(26)21-8-10-23(29)11-9-21)24-7-4-6-20(16-24)15-22(17-30)28(35)33-13-5-14-33/h3-4,6-12,16,18,22H,1-2,5,13-15,31H2/b27-26+,32-12-. The molecule has 1 aliphatic heterocycles. The first kappa shape index (κ1) is 24.1. The van der Waals surface area contributed by atoms with Gasteiger partial charge in [0.1, 0.15) is 11.7 Å². The molecular weight excluding hydrogens is 458 g/mol. The molecule has 2 heterocycles. The largest absolute Gasteiger partial charge is 0.383 e. The number of likely N-dealkylation sites (tertiary alicyclic amines) is 1. The summed E-state index contributed by atoms with van der Waals surface area (Å²) in [6, 6.07) is 17.4. The minimum absolute atomic E-state index is 0.0993. The van der Waals surface area contributed by atoms with Crippen molar-refractivity contribution < 1.29 is 4.79 Å². The van der Waals surface area contributed by atoms with Crippen molar-refractivity contribution in [2.45, 2.75) is 12.8 Å². The molecule has 0 aliphatic carbocycles. The van der Waals surface area contributed by atoms with Crippen molar-refractivity contribution >= 4 is 36.1 Å². The Morgan fingerprint density at radius 2 is 2.00 bits per heavy atom. The summed E-state index contributed by atoms with van der Waals surface area (Å²) in [6.45, 7) is 9.41. The van der Waals surface area contributed by atoms with Crippen LogP contribution >= 0.6 is 11.6 Å². The SMILES string of the molecule is C=C/C=N\C(N)=c1\c(-c2ccc(Cl)cc2)cn(-c2cccc(CC(C#N)C(=O)N3CCC3)c2)c1=C. The van der Waals surface area contributed by atoms with Crippen molar-refractivity contribution in [1.29, 1.82) is 5.26 Å². The van der Waals surface area contributed by atoms with E-state index in [1.54, 1.807) is 11.0 Å². The van der Waals surface area contributed by atoms with Crippen LogP contribution in [0.25, 0.3) is 29.2 Å². The van der Waals surface area contributed by atoms with Gasteiger partial charge in [0, 0.05) is 52.3 Å². The Bertz CT molecular complexity index is 1440. The smallest absolute Gasteiger partial charge is 0.240 e. The summed E-state index contributed by atoms with van der Waals surface area (Å²) in [4.78, 5) is 18.6. The van der Waals surface area contributed by atoms with Gasteiger partial charge in [-0.25, -0.2) is 4.99 Å². The van der Waals surface area contributed by atoms with Crippen LogP contribution in [0.3, 0.4) is 0 Å². The summed E-state index contributed by atoms with van der Waals surface area (Å²) in [5.41, 5.74) is 9.88. The molecule has 1 amide bonds. The summed E-state index contributed by atoms with van der Waals surface area (Å²) >= 11 is 6.10. The molecule has 1 aromatic heterocycles. The maximum atomic E-state index is 12.6. The summed E-state index contributed by atoms with van der Waals surface area (Å²) in [7, 11) is 0. The van der Waals surface area contributed by atoms with Gasteiger partial charge in [0.25, 0.3) is 0 Å². The number of nitrogens with two attached hydrogens (primary N) is 1. The van der Waals surface area contributed by atoms with Gasteiger partial charge in [0.2, 0.25) is 5.91 Å². The molecule has 35 heavy (non-hydrogen) atoms. The minimum Gasteiger partial charge on any atom is -0.383 e. The predicted octanol–water partition coefficient (Wildman–Crippen LogP) is 3.40. The summed E-state index contributed by atoms with van der Waals surface area (Å²) in [5, 5.41) is 11.6. The van der Waals surface area contributed by atoms with Crippen LogP contribution in [-0.2, 0) is 11.2 Å². The number of rotatable bonds is 7.